The Morgan fingerprint density at radius 1 is 0.897 bits per heavy atom. The van der Waals surface area contributed by atoms with Gasteiger partial charge in [0.2, 0.25) is 0 Å². The van der Waals surface area contributed by atoms with Crippen molar-refractivity contribution in [2.24, 2.45) is 0 Å². The average Bonchev–Trinajstić information content (AvgIpc) is 3.25. The van der Waals surface area contributed by atoms with Crippen LogP contribution in [-0.2, 0) is 0 Å². The smallest absolute Gasteiger partial charge is 0.159 e. The summed E-state index contributed by atoms with van der Waals surface area (Å²) in [7, 11) is 0. The van der Waals surface area contributed by atoms with Gasteiger partial charge in [0, 0.05) is 37.3 Å². The van der Waals surface area contributed by atoms with Crippen LogP contribution < -0.4 is 10.2 Å². The normalized spacial score (nSPS) is 14.5. The summed E-state index contributed by atoms with van der Waals surface area (Å²) >= 11 is 0. The molecule has 0 aliphatic carbocycles. The van der Waals surface area contributed by atoms with Crippen molar-refractivity contribution in [2.45, 2.75) is 0 Å². The number of hydrogen-bond donors (Lipinski definition) is 2. The molecule has 4 heterocycles. The number of piperazine rings is 1. The van der Waals surface area contributed by atoms with Gasteiger partial charge in [0.05, 0.1) is 40.5 Å². The van der Waals surface area contributed by atoms with E-state index in [1.807, 2.05) is 24.4 Å². The van der Waals surface area contributed by atoms with Crippen molar-refractivity contribution in [3.05, 3.63) is 60.4 Å². The molecule has 1 fully saturated rings. The van der Waals surface area contributed by atoms with Gasteiger partial charge in [0.15, 0.2) is 11.6 Å². The van der Waals surface area contributed by atoms with E-state index in [1.165, 1.54) is 6.07 Å². The number of aromatic nitrogens is 4. The Morgan fingerprint density at radius 3 is 2.59 bits per heavy atom. The maximum absolute atomic E-state index is 13.7. The molecule has 0 atom stereocenters. The maximum Gasteiger partial charge on any atom is 0.159 e. The summed E-state index contributed by atoms with van der Waals surface area (Å²) < 4.78 is 27.0. The zero-order valence-corrected chi connectivity index (χ0v) is 15.5. The molecular formula is C21H18F2N6. The first-order valence-corrected chi connectivity index (χ1v) is 9.41. The molecule has 1 aliphatic heterocycles. The first-order chi connectivity index (χ1) is 14.2. The van der Waals surface area contributed by atoms with Gasteiger partial charge in [-0.05, 0) is 36.4 Å². The largest absolute Gasteiger partial charge is 0.368 e. The van der Waals surface area contributed by atoms with Crippen molar-refractivity contribution in [1.82, 2.24) is 25.5 Å². The average molecular weight is 392 g/mol. The van der Waals surface area contributed by atoms with Crippen molar-refractivity contribution >= 4 is 16.7 Å². The number of benzene rings is 1. The minimum atomic E-state index is -0.903. The molecule has 4 aromatic rings. The Hall–Kier alpha value is -3.39. The number of H-pyrrole nitrogens is 1. The number of pyridine rings is 2. The van der Waals surface area contributed by atoms with Crippen LogP contribution in [0, 0.1) is 11.6 Å². The second-order valence-electron chi connectivity index (χ2n) is 6.95. The molecule has 1 aromatic carbocycles. The van der Waals surface area contributed by atoms with Crippen molar-refractivity contribution in [1.29, 1.82) is 0 Å². The van der Waals surface area contributed by atoms with Crippen LogP contribution in [0.5, 0.6) is 0 Å². The summed E-state index contributed by atoms with van der Waals surface area (Å²) in [4.78, 5) is 11.6. The van der Waals surface area contributed by atoms with Crippen LogP contribution in [0.25, 0.3) is 33.5 Å². The SMILES string of the molecule is Fc1ccc(-c2[nH]ncc2-c2ccc3ncc(N4CCNCC4)cc3n2)cc1F. The van der Waals surface area contributed by atoms with Crippen LogP contribution in [0.2, 0.25) is 0 Å². The summed E-state index contributed by atoms with van der Waals surface area (Å²) in [5.41, 5.74) is 5.10. The Balaban J connectivity index is 1.55. The molecule has 6 nitrogen and oxygen atoms in total. The van der Waals surface area contributed by atoms with E-state index < -0.39 is 11.6 Å². The summed E-state index contributed by atoms with van der Waals surface area (Å²) in [6.07, 6.45) is 3.51. The van der Waals surface area contributed by atoms with Gasteiger partial charge < -0.3 is 10.2 Å². The number of halogens is 2. The van der Waals surface area contributed by atoms with Gasteiger partial charge in [-0.2, -0.15) is 5.10 Å². The highest BCUT2D eigenvalue weighted by Crippen LogP contribution is 2.31. The zero-order valence-electron chi connectivity index (χ0n) is 15.5. The van der Waals surface area contributed by atoms with Gasteiger partial charge in [0.25, 0.3) is 0 Å². The monoisotopic (exact) mass is 392 g/mol. The Bertz CT molecular complexity index is 1180. The maximum atomic E-state index is 13.7. The van der Waals surface area contributed by atoms with E-state index >= 15 is 0 Å². The second-order valence-corrected chi connectivity index (χ2v) is 6.95. The minimum absolute atomic E-state index is 0.506. The van der Waals surface area contributed by atoms with Crippen molar-refractivity contribution in [2.75, 3.05) is 31.1 Å². The van der Waals surface area contributed by atoms with Gasteiger partial charge in [-0.3, -0.25) is 10.1 Å². The summed E-state index contributed by atoms with van der Waals surface area (Å²) in [6.45, 7) is 3.74. The van der Waals surface area contributed by atoms with E-state index in [0.717, 1.165) is 55.0 Å². The number of aromatic amines is 1. The van der Waals surface area contributed by atoms with Gasteiger partial charge in [0.1, 0.15) is 0 Å². The zero-order chi connectivity index (χ0) is 19.8. The molecule has 5 rings (SSSR count). The summed E-state index contributed by atoms with van der Waals surface area (Å²) in [6, 6.07) is 9.56. The van der Waals surface area contributed by atoms with Crippen LogP contribution in [0.4, 0.5) is 14.5 Å². The quantitative estimate of drug-likeness (QED) is 0.559. The second kappa shape index (κ2) is 7.21. The fourth-order valence-corrected chi connectivity index (χ4v) is 3.59. The molecule has 29 heavy (non-hydrogen) atoms. The van der Waals surface area contributed by atoms with Crippen LogP contribution in [-0.4, -0.2) is 46.3 Å². The predicted molar refractivity (Wildman–Crippen MR) is 108 cm³/mol. The lowest BCUT2D eigenvalue weighted by Gasteiger charge is -2.29. The van der Waals surface area contributed by atoms with Crippen molar-refractivity contribution in [3.8, 4) is 22.5 Å². The van der Waals surface area contributed by atoms with E-state index in [9.17, 15) is 8.78 Å². The Labute approximate surface area is 165 Å². The highest BCUT2D eigenvalue weighted by molar-refractivity contribution is 5.84. The van der Waals surface area contributed by atoms with Gasteiger partial charge in [-0.15, -0.1) is 0 Å². The third-order valence-corrected chi connectivity index (χ3v) is 5.13. The topological polar surface area (TPSA) is 69.7 Å². The molecule has 1 aliphatic rings. The fraction of sp³-hybridized carbons (Fsp3) is 0.190. The molecule has 0 spiro atoms. The van der Waals surface area contributed by atoms with Crippen LogP contribution in [0.15, 0.2) is 48.8 Å². The van der Waals surface area contributed by atoms with E-state index in [4.69, 9.17) is 4.98 Å². The van der Waals surface area contributed by atoms with E-state index in [1.54, 1.807) is 6.20 Å². The van der Waals surface area contributed by atoms with Crippen molar-refractivity contribution in [3.63, 3.8) is 0 Å². The fourth-order valence-electron chi connectivity index (χ4n) is 3.59. The number of hydrogen-bond acceptors (Lipinski definition) is 5. The first kappa shape index (κ1) is 17.7. The number of nitrogens with one attached hydrogen (secondary N) is 2. The summed E-state index contributed by atoms with van der Waals surface area (Å²) in [5, 5.41) is 10.3. The molecule has 0 radical (unpaired) electrons. The van der Waals surface area contributed by atoms with Crippen molar-refractivity contribution < 1.29 is 8.78 Å². The molecule has 8 heteroatoms. The van der Waals surface area contributed by atoms with Gasteiger partial charge >= 0.3 is 0 Å². The van der Waals surface area contributed by atoms with E-state index in [-0.39, 0.29) is 0 Å². The third kappa shape index (κ3) is 3.31. The number of fused-ring (bicyclic) bond motifs is 1. The summed E-state index contributed by atoms with van der Waals surface area (Å²) in [5.74, 6) is -1.79. The van der Waals surface area contributed by atoms with E-state index in [0.29, 0.717) is 22.5 Å². The van der Waals surface area contributed by atoms with Crippen LogP contribution >= 0.6 is 0 Å². The lowest BCUT2D eigenvalue weighted by atomic mass is 10.0. The van der Waals surface area contributed by atoms with Crippen LogP contribution in [0.3, 0.4) is 0 Å². The highest BCUT2D eigenvalue weighted by Gasteiger charge is 2.15. The number of nitrogens with zero attached hydrogens (tertiary/aromatic N) is 4. The van der Waals surface area contributed by atoms with Gasteiger partial charge in [-0.25, -0.2) is 13.8 Å². The predicted octanol–water partition coefficient (Wildman–Crippen LogP) is 3.37. The standard InChI is InChI=1S/C21H18F2N6/c22-16-2-1-13(9-17(16)23)21-15(12-26-28-21)18-3-4-19-20(27-18)10-14(11-25-19)29-7-5-24-6-8-29/h1-4,9-12,24H,5-8H2,(H,26,28). The minimum Gasteiger partial charge on any atom is -0.368 e. The molecule has 146 valence electrons. The Kier molecular flexibility index (Phi) is 4.40. The lowest BCUT2D eigenvalue weighted by molar-refractivity contribution is 0.509. The van der Waals surface area contributed by atoms with Gasteiger partial charge in [-0.1, -0.05) is 0 Å². The van der Waals surface area contributed by atoms with E-state index in [2.05, 4.69) is 25.4 Å². The molecule has 2 N–H and O–H groups in total. The Morgan fingerprint density at radius 2 is 1.76 bits per heavy atom. The number of anilines is 1. The molecule has 0 bridgehead atoms. The molecule has 0 saturated carbocycles. The molecular weight excluding hydrogens is 374 g/mol. The first-order valence-electron chi connectivity index (χ1n) is 9.41. The molecule has 0 unspecified atom stereocenters. The third-order valence-electron chi connectivity index (χ3n) is 5.13. The lowest BCUT2D eigenvalue weighted by Crippen LogP contribution is -2.43. The molecule has 1 saturated heterocycles. The van der Waals surface area contributed by atoms with Crippen LogP contribution in [0.1, 0.15) is 0 Å². The molecule has 3 aromatic heterocycles. The highest BCUT2D eigenvalue weighted by atomic mass is 19.2. The molecule has 0 amide bonds. The number of rotatable bonds is 3.